The molecule has 8 nitrogen and oxygen atoms in total. The van der Waals surface area contributed by atoms with Crippen LogP contribution < -0.4 is 25.8 Å². The number of carbonyl (C=O) groups is 1. The number of carbonyl (C=O) groups excluding carboxylic acids is 1. The molecule has 1 aliphatic carbocycles. The van der Waals surface area contributed by atoms with Gasteiger partial charge in [-0.05, 0) is 80.0 Å². The molecule has 3 aromatic rings. The lowest BCUT2D eigenvalue weighted by Crippen LogP contribution is -2.39. The number of nitrogens with one attached hydrogen (secondary N) is 2. The molecule has 2 aliphatic rings. The van der Waals surface area contributed by atoms with Gasteiger partial charge in [-0.3, -0.25) is 9.78 Å². The Balaban J connectivity index is 1.14. The number of benzene rings is 1. The van der Waals surface area contributed by atoms with Gasteiger partial charge >= 0.3 is 0 Å². The maximum absolute atomic E-state index is 11.5. The highest BCUT2D eigenvalue weighted by Crippen LogP contribution is 2.30. The summed E-state index contributed by atoms with van der Waals surface area (Å²) in [7, 11) is 1.68. The predicted octanol–water partition coefficient (Wildman–Crippen LogP) is 3.19. The van der Waals surface area contributed by atoms with Crippen LogP contribution in [0.15, 0.2) is 42.6 Å². The topological polar surface area (TPSA) is 111 Å². The van der Waals surface area contributed by atoms with Crippen LogP contribution in [0.2, 0.25) is 0 Å². The number of fused-ring (bicyclic) bond motifs is 2. The second kappa shape index (κ2) is 9.95. The van der Waals surface area contributed by atoms with Crippen LogP contribution in [-0.2, 0) is 17.8 Å². The van der Waals surface area contributed by atoms with Crippen molar-refractivity contribution in [3.63, 3.8) is 0 Å². The van der Waals surface area contributed by atoms with Crippen molar-refractivity contribution in [2.45, 2.75) is 50.7 Å². The van der Waals surface area contributed by atoms with Gasteiger partial charge in [0.05, 0.1) is 18.3 Å². The van der Waals surface area contributed by atoms with Gasteiger partial charge in [0.1, 0.15) is 5.75 Å². The van der Waals surface area contributed by atoms with E-state index in [4.69, 9.17) is 15.2 Å². The number of nitrogens with two attached hydrogens (primary N) is 1. The van der Waals surface area contributed by atoms with E-state index < -0.39 is 0 Å². The summed E-state index contributed by atoms with van der Waals surface area (Å²) in [5.74, 6) is 2.30. The summed E-state index contributed by atoms with van der Waals surface area (Å²) in [5, 5.41) is 7.51. The van der Waals surface area contributed by atoms with Gasteiger partial charge in [-0.2, -0.15) is 0 Å². The molecule has 1 amide bonds. The zero-order valence-corrected chi connectivity index (χ0v) is 19.4. The van der Waals surface area contributed by atoms with E-state index in [0.717, 1.165) is 54.5 Å². The van der Waals surface area contributed by atoms with Crippen LogP contribution >= 0.6 is 0 Å². The molecule has 1 aromatic carbocycles. The van der Waals surface area contributed by atoms with Crippen LogP contribution in [0.1, 0.15) is 36.9 Å². The molecule has 5 rings (SSSR count). The quantitative estimate of drug-likeness (QED) is 0.495. The van der Waals surface area contributed by atoms with E-state index >= 15 is 0 Å². The first kappa shape index (κ1) is 22.6. The first-order valence-corrected chi connectivity index (χ1v) is 11.9. The summed E-state index contributed by atoms with van der Waals surface area (Å²) in [4.78, 5) is 20.5. The first-order chi connectivity index (χ1) is 16.6. The summed E-state index contributed by atoms with van der Waals surface area (Å²) in [6.45, 7) is 0.707. The molecule has 178 valence electrons. The molecular weight excluding hydrogens is 430 g/mol. The Kier molecular flexibility index (Phi) is 6.60. The van der Waals surface area contributed by atoms with Crippen LogP contribution in [0.3, 0.4) is 0 Å². The molecule has 0 radical (unpaired) electrons. The van der Waals surface area contributed by atoms with Crippen molar-refractivity contribution in [3.05, 3.63) is 53.9 Å². The highest BCUT2D eigenvalue weighted by molar-refractivity contribution is 5.94. The Bertz CT molecular complexity index is 1180. The third-order valence-corrected chi connectivity index (χ3v) is 6.98. The highest BCUT2D eigenvalue weighted by Gasteiger charge is 2.26. The molecule has 2 aromatic heterocycles. The standard InChI is InChI=1S/C26H31N5O3/c1-33-20-7-8-23-21(13-20)17(10-11-28-23)12-22(27)16-2-4-18(5-3-16)29-14-19-6-9-24-26(30-19)31-25(32)15-34-24/h6-11,13,16,18,22,29H,2-5,12,14-15,27H2,1H3,(H,30,31,32)/t16-,18-,22-/m0/s1. The largest absolute Gasteiger partial charge is 0.497 e. The molecule has 34 heavy (non-hydrogen) atoms. The molecule has 0 spiro atoms. The lowest BCUT2D eigenvalue weighted by atomic mass is 9.79. The summed E-state index contributed by atoms with van der Waals surface area (Å²) in [5.41, 5.74) is 9.79. The second-order valence-corrected chi connectivity index (χ2v) is 9.20. The molecule has 1 atom stereocenters. The molecule has 0 saturated heterocycles. The van der Waals surface area contributed by atoms with Crippen molar-refractivity contribution >= 4 is 22.6 Å². The zero-order valence-electron chi connectivity index (χ0n) is 19.4. The van der Waals surface area contributed by atoms with Gasteiger partial charge in [-0.15, -0.1) is 0 Å². The number of anilines is 1. The Morgan fingerprint density at radius 3 is 2.88 bits per heavy atom. The van der Waals surface area contributed by atoms with Crippen molar-refractivity contribution < 1.29 is 14.3 Å². The monoisotopic (exact) mass is 461 g/mol. The predicted molar refractivity (Wildman–Crippen MR) is 131 cm³/mol. The first-order valence-electron chi connectivity index (χ1n) is 11.9. The Morgan fingerprint density at radius 2 is 2.06 bits per heavy atom. The van der Waals surface area contributed by atoms with Crippen LogP contribution in [0.5, 0.6) is 11.5 Å². The number of hydrogen-bond donors (Lipinski definition) is 3. The molecule has 3 heterocycles. The number of rotatable bonds is 7. The maximum Gasteiger partial charge on any atom is 0.263 e. The van der Waals surface area contributed by atoms with Gasteiger partial charge in [0, 0.05) is 30.2 Å². The number of amides is 1. The number of aromatic nitrogens is 2. The maximum atomic E-state index is 11.5. The molecule has 1 saturated carbocycles. The van der Waals surface area contributed by atoms with E-state index in [1.54, 1.807) is 7.11 Å². The number of ether oxygens (including phenoxy) is 2. The summed E-state index contributed by atoms with van der Waals surface area (Å²) in [6, 6.07) is 12.4. The molecule has 0 bridgehead atoms. The summed E-state index contributed by atoms with van der Waals surface area (Å²) >= 11 is 0. The van der Waals surface area contributed by atoms with Crippen molar-refractivity contribution in [3.8, 4) is 11.5 Å². The fourth-order valence-electron chi connectivity index (χ4n) is 5.01. The van der Waals surface area contributed by atoms with Crippen molar-refractivity contribution in [1.82, 2.24) is 15.3 Å². The SMILES string of the molecule is COc1ccc2nccc(C[C@H](N)[C@H]3CC[C@H](NCc4ccc5c(n4)NC(=O)CO5)CC3)c2c1. The Labute approximate surface area is 199 Å². The van der Waals surface area contributed by atoms with E-state index in [1.807, 2.05) is 30.5 Å². The molecule has 4 N–H and O–H groups in total. The van der Waals surface area contributed by atoms with Gasteiger partial charge < -0.3 is 25.8 Å². The van der Waals surface area contributed by atoms with Crippen LogP contribution in [0, 0.1) is 5.92 Å². The second-order valence-electron chi connectivity index (χ2n) is 9.20. The smallest absolute Gasteiger partial charge is 0.263 e. The van der Waals surface area contributed by atoms with Crippen molar-refractivity contribution in [2.75, 3.05) is 19.0 Å². The third kappa shape index (κ3) is 4.98. The molecule has 1 aliphatic heterocycles. The average Bonchev–Trinajstić information content (AvgIpc) is 2.87. The molecular formula is C26H31N5O3. The number of nitrogens with zero attached hydrogens (tertiary/aromatic N) is 2. The lowest BCUT2D eigenvalue weighted by Gasteiger charge is -2.33. The van der Waals surface area contributed by atoms with E-state index in [9.17, 15) is 4.79 Å². The van der Waals surface area contributed by atoms with E-state index in [0.29, 0.717) is 30.1 Å². The summed E-state index contributed by atoms with van der Waals surface area (Å²) in [6.07, 6.45) is 7.09. The van der Waals surface area contributed by atoms with E-state index in [1.165, 1.54) is 5.56 Å². The minimum atomic E-state index is -0.168. The zero-order chi connectivity index (χ0) is 23.5. The van der Waals surface area contributed by atoms with Gasteiger partial charge in [-0.25, -0.2) is 4.98 Å². The minimum absolute atomic E-state index is 0.0449. The average molecular weight is 462 g/mol. The van der Waals surface area contributed by atoms with Gasteiger partial charge in [0.2, 0.25) is 0 Å². The van der Waals surface area contributed by atoms with Gasteiger partial charge in [0.25, 0.3) is 5.91 Å². The third-order valence-electron chi connectivity index (χ3n) is 6.98. The van der Waals surface area contributed by atoms with E-state index in [-0.39, 0.29) is 18.6 Å². The fourth-order valence-corrected chi connectivity index (χ4v) is 5.01. The molecule has 0 unspecified atom stereocenters. The van der Waals surface area contributed by atoms with Gasteiger partial charge in [0.15, 0.2) is 18.2 Å². The number of methoxy groups -OCH3 is 1. The highest BCUT2D eigenvalue weighted by atomic mass is 16.5. The minimum Gasteiger partial charge on any atom is -0.497 e. The van der Waals surface area contributed by atoms with Crippen molar-refractivity contribution in [2.24, 2.45) is 11.7 Å². The molecule has 8 heteroatoms. The van der Waals surface area contributed by atoms with Crippen LogP contribution in [0.25, 0.3) is 10.9 Å². The normalized spacial score (nSPS) is 20.8. The van der Waals surface area contributed by atoms with E-state index in [2.05, 4.69) is 32.7 Å². The van der Waals surface area contributed by atoms with Crippen LogP contribution in [-0.4, -0.2) is 41.7 Å². The number of pyridine rings is 2. The van der Waals surface area contributed by atoms with Gasteiger partial charge in [-0.1, -0.05) is 0 Å². The number of hydrogen-bond acceptors (Lipinski definition) is 7. The fraction of sp³-hybridized carbons (Fsp3) is 0.423. The van der Waals surface area contributed by atoms with Crippen molar-refractivity contribution in [1.29, 1.82) is 0 Å². The Morgan fingerprint density at radius 1 is 1.21 bits per heavy atom. The molecule has 1 fully saturated rings. The Hall–Kier alpha value is -3.23. The van der Waals surface area contributed by atoms with Crippen LogP contribution in [0.4, 0.5) is 5.82 Å². The summed E-state index contributed by atoms with van der Waals surface area (Å²) < 4.78 is 10.8. The lowest BCUT2D eigenvalue weighted by molar-refractivity contribution is -0.118.